The number of amides is 1. The van der Waals surface area contributed by atoms with Gasteiger partial charge < -0.3 is 14.8 Å². The molecule has 0 atom stereocenters. The van der Waals surface area contributed by atoms with Crippen LogP contribution in [0.3, 0.4) is 0 Å². The third-order valence-corrected chi connectivity index (χ3v) is 3.30. The molecule has 0 spiro atoms. The van der Waals surface area contributed by atoms with Gasteiger partial charge >= 0.3 is 0 Å². The molecule has 0 radical (unpaired) electrons. The van der Waals surface area contributed by atoms with E-state index >= 15 is 0 Å². The fourth-order valence-electron chi connectivity index (χ4n) is 2.12. The van der Waals surface area contributed by atoms with Crippen molar-refractivity contribution < 1.29 is 19.2 Å². The molecular weight excluding hydrogens is 288 g/mol. The van der Waals surface area contributed by atoms with Crippen LogP contribution >= 0.6 is 0 Å². The molecule has 22 heavy (non-hydrogen) atoms. The molecule has 0 unspecified atom stereocenters. The van der Waals surface area contributed by atoms with Crippen LogP contribution < -0.4 is 14.8 Å². The maximum absolute atomic E-state index is 12.2. The number of fused-ring (bicyclic) bond motifs is 1. The molecule has 112 valence electrons. The smallest absolute Gasteiger partial charge is 0.273 e. The van der Waals surface area contributed by atoms with Crippen molar-refractivity contribution in [3.05, 3.63) is 57.6 Å². The van der Waals surface area contributed by atoms with Crippen LogP contribution in [0.2, 0.25) is 0 Å². The van der Waals surface area contributed by atoms with Crippen molar-refractivity contribution in [3.8, 4) is 11.5 Å². The molecule has 1 heterocycles. The molecule has 7 heteroatoms. The van der Waals surface area contributed by atoms with Gasteiger partial charge in [-0.05, 0) is 25.1 Å². The lowest BCUT2D eigenvalue weighted by Gasteiger charge is -2.07. The summed E-state index contributed by atoms with van der Waals surface area (Å²) in [5.41, 5.74) is 1.16. The average Bonchev–Trinajstić information content (AvgIpc) is 2.94. The highest BCUT2D eigenvalue weighted by Gasteiger charge is 2.17. The maximum atomic E-state index is 12.2. The first-order chi connectivity index (χ1) is 10.5. The lowest BCUT2D eigenvalue weighted by molar-refractivity contribution is -0.385. The summed E-state index contributed by atoms with van der Waals surface area (Å²) in [5.74, 6) is 0.735. The van der Waals surface area contributed by atoms with Crippen LogP contribution in [0.5, 0.6) is 11.5 Å². The van der Waals surface area contributed by atoms with Crippen molar-refractivity contribution in [3.63, 3.8) is 0 Å². The second kappa shape index (κ2) is 5.36. The van der Waals surface area contributed by atoms with Gasteiger partial charge in [-0.1, -0.05) is 6.07 Å². The van der Waals surface area contributed by atoms with E-state index in [1.54, 1.807) is 37.3 Å². The summed E-state index contributed by atoms with van der Waals surface area (Å²) in [5, 5.41) is 13.6. The van der Waals surface area contributed by atoms with Crippen LogP contribution in [-0.4, -0.2) is 17.6 Å². The Morgan fingerprint density at radius 1 is 1.18 bits per heavy atom. The Hall–Kier alpha value is -3.09. The molecular formula is C15H12N2O5. The minimum absolute atomic E-state index is 0.0849. The Labute approximate surface area is 125 Å². The number of benzene rings is 2. The number of nitrogens with zero attached hydrogens (tertiary/aromatic N) is 1. The van der Waals surface area contributed by atoms with Crippen molar-refractivity contribution >= 4 is 17.3 Å². The Bertz CT molecular complexity index is 773. The first kappa shape index (κ1) is 13.9. The predicted molar refractivity (Wildman–Crippen MR) is 78.4 cm³/mol. The van der Waals surface area contributed by atoms with Crippen molar-refractivity contribution in [1.82, 2.24) is 0 Å². The molecule has 1 aliphatic heterocycles. The first-order valence-corrected chi connectivity index (χ1v) is 6.50. The van der Waals surface area contributed by atoms with Gasteiger partial charge in [0.15, 0.2) is 11.5 Å². The molecule has 0 saturated carbocycles. The Balaban J connectivity index is 1.83. The predicted octanol–water partition coefficient (Wildman–Crippen LogP) is 2.88. The van der Waals surface area contributed by atoms with E-state index in [-0.39, 0.29) is 18.0 Å². The van der Waals surface area contributed by atoms with Gasteiger partial charge in [0, 0.05) is 28.9 Å². The van der Waals surface area contributed by atoms with Gasteiger partial charge in [-0.25, -0.2) is 0 Å². The zero-order valence-corrected chi connectivity index (χ0v) is 11.7. The molecule has 2 aromatic carbocycles. The third kappa shape index (κ3) is 2.56. The van der Waals surface area contributed by atoms with Crippen LogP contribution in [0.25, 0.3) is 0 Å². The van der Waals surface area contributed by atoms with Crippen LogP contribution in [-0.2, 0) is 0 Å². The minimum atomic E-state index is -0.507. The molecule has 1 N–H and O–H groups in total. The van der Waals surface area contributed by atoms with Crippen LogP contribution in [0.15, 0.2) is 36.4 Å². The van der Waals surface area contributed by atoms with E-state index in [4.69, 9.17) is 9.47 Å². The SMILES string of the molecule is Cc1ccc(C(=O)Nc2ccc3c(c2)OCO3)cc1[N+](=O)[O-]. The van der Waals surface area contributed by atoms with Gasteiger partial charge in [-0.2, -0.15) is 0 Å². The Morgan fingerprint density at radius 3 is 2.73 bits per heavy atom. The van der Waals surface area contributed by atoms with Crippen LogP contribution in [0, 0.1) is 17.0 Å². The van der Waals surface area contributed by atoms with E-state index < -0.39 is 10.8 Å². The van der Waals surface area contributed by atoms with Gasteiger partial charge in [0.2, 0.25) is 6.79 Å². The van der Waals surface area contributed by atoms with E-state index in [1.165, 1.54) is 6.07 Å². The molecule has 3 rings (SSSR count). The molecule has 0 aliphatic carbocycles. The lowest BCUT2D eigenvalue weighted by Crippen LogP contribution is -2.12. The number of carbonyl (C=O) groups is 1. The molecule has 1 aliphatic rings. The zero-order valence-electron chi connectivity index (χ0n) is 11.7. The second-order valence-electron chi connectivity index (χ2n) is 4.78. The molecule has 0 bridgehead atoms. The van der Waals surface area contributed by atoms with Gasteiger partial charge in [-0.15, -0.1) is 0 Å². The summed E-state index contributed by atoms with van der Waals surface area (Å²) in [6.45, 7) is 1.77. The number of nitro groups is 1. The summed E-state index contributed by atoms with van der Waals surface area (Å²) >= 11 is 0. The quantitative estimate of drug-likeness (QED) is 0.695. The normalized spacial score (nSPS) is 12.0. The largest absolute Gasteiger partial charge is 0.454 e. The number of hydrogen-bond acceptors (Lipinski definition) is 5. The number of hydrogen-bond donors (Lipinski definition) is 1. The van der Waals surface area contributed by atoms with Crippen molar-refractivity contribution in [2.24, 2.45) is 0 Å². The standard InChI is InChI=1S/C15H12N2O5/c1-9-2-3-10(6-12(9)17(19)20)15(18)16-11-4-5-13-14(7-11)22-8-21-13/h2-7H,8H2,1H3,(H,16,18). The highest BCUT2D eigenvalue weighted by atomic mass is 16.7. The lowest BCUT2D eigenvalue weighted by atomic mass is 10.1. The molecule has 0 saturated heterocycles. The van der Waals surface area contributed by atoms with E-state index in [0.717, 1.165) is 0 Å². The number of anilines is 1. The van der Waals surface area contributed by atoms with Gasteiger partial charge in [0.1, 0.15) is 0 Å². The van der Waals surface area contributed by atoms with E-state index in [2.05, 4.69) is 5.32 Å². The summed E-state index contributed by atoms with van der Waals surface area (Å²) < 4.78 is 10.4. The number of nitrogens with one attached hydrogen (secondary N) is 1. The molecule has 7 nitrogen and oxygen atoms in total. The summed E-state index contributed by atoms with van der Waals surface area (Å²) in [4.78, 5) is 22.6. The number of carbonyl (C=O) groups excluding carboxylic acids is 1. The summed E-state index contributed by atoms with van der Waals surface area (Å²) in [7, 11) is 0. The van der Waals surface area contributed by atoms with Crippen molar-refractivity contribution in [2.45, 2.75) is 6.92 Å². The zero-order chi connectivity index (χ0) is 15.7. The third-order valence-electron chi connectivity index (χ3n) is 3.30. The number of nitro benzene ring substituents is 1. The molecule has 0 fully saturated rings. The highest BCUT2D eigenvalue weighted by molar-refractivity contribution is 6.04. The Morgan fingerprint density at radius 2 is 1.95 bits per heavy atom. The fraction of sp³-hybridized carbons (Fsp3) is 0.133. The van der Waals surface area contributed by atoms with E-state index in [1.807, 2.05) is 0 Å². The van der Waals surface area contributed by atoms with Gasteiger partial charge in [0.25, 0.3) is 11.6 Å². The van der Waals surface area contributed by atoms with E-state index in [0.29, 0.717) is 22.7 Å². The maximum Gasteiger partial charge on any atom is 0.273 e. The van der Waals surface area contributed by atoms with Gasteiger partial charge in [0.05, 0.1) is 4.92 Å². The highest BCUT2D eigenvalue weighted by Crippen LogP contribution is 2.34. The number of ether oxygens (including phenoxy) is 2. The first-order valence-electron chi connectivity index (χ1n) is 6.50. The molecule has 0 aromatic heterocycles. The number of aryl methyl sites for hydroxylation is 1. The minimum Gasteiger partial charge on any atom is -0.454 e. The van der Waals surface area contributed by atoms with E-state index in [9.17, 15) is 14.9 Å². The van der Waals surface area contributed by atoms with Crippen molar-refractivity contribution in [2.75, 3.05) is 12.1 Å². The monoisotopic (exact) mass is 300 g/mol. The summed E-state index contributed by atoms with van der Waals surface area (Å²) in [6, 6.07) is 9.36. The number of rotatable bonds is 3. The van der Waals surface area contributed by atoms with Crippen LogP contribution in [0.1, 0.15) is 15.9 Å². The topological polar surface area (TPSA) is 90.7 Å². The molecule has 1 amide bonds. The summed E-state index contributed by atoms with van der Waals surface area (Å²) in [6.07, 6.45) is 0. The fourth-order valence-corrected chi connectivity index (χ4v) is 2.12. The second-order valence-corrected chi connectivity index (χ2v) is 4.78. The molecule has 2 aromatic rings. The van der Waals surface area contributed by atoms with Crippen molar-refractivity contribution in [1.29, 1.82) is 0 Å². The van der Waals surface area contributed by atoms with Crippen LogP contribution in [0.4, 0.5) is 11.4 Å². The Kier molecular flexibility index (Phi) is 3.38. The average molecular weight is 300 g/mol. The van der Waals surface area contributed by atoms with Gasteiger partial charge in [-0.3, -0.25) is 14.9 Å².